The third kappa shape index (κ3) is 1.39. The minimum atomic E-state index is 0.177. The Kier molecular flexibility index (Phi) is 2.27. The normalized spacial score (nSPS) is 58.3. The van der Waals surface area contributed by atoms with Crippen LogP contribution in [0.15, 0.2) is 0 Å². The van der Waals surface area contributed by atoms with Crippen LogP contribution >= 0.6 is 0 Å². The summed E-state index contributed by atoms with van der Waals surface area (Å²) in [5.74, 6) is 4.40. The van der Waals surface area contributed by atoms with E-state index in [0.29, 0.717) is 11.3 Å². The van der Waals surface area contributed by atoms with E-state index in [1.165, 1.54) is 32.1 Å². The number of carbonyl (C=O) groups is 1. The lowest BCUT2D eigenvalue weighted by atomic mass is 9.70. The van der Waals surface area contributed by atoms with Crippen molar-refractivity contribution in [2.75, 3.05) is 0 Å². The molecule has 0 aromatic carbocycles. The second kappa shape index (κ2) is 3.68. The predicted molar refractivity (Wildman–Crippen MR) is 80.4 cm³/mol. The first-order valence-electron chi connectivity index (χ1n) is 9.14. The quantitative estimate of drug-likeness (QED) is 0.717. The molecule has 0 heterocycles. The van der Waals surface area contributed by atoms with Crippen molar-refractivity contribution in [3.63, 3.8) is 0 Å². The first kappa shape index (κ1) is 13.0. The van der Waals surface area contributed by atoms with Gasteiger partial charge in [-0.1, -0.05) is 20.8 Å². The molecular weight excluding hydrogens is 260 g/mol. The van der Waals surface area contributed by atoms with Gasteiger partial charge in [0.05, 0.1) is 5.92 Å². The minimum Gasteiger partial charge on any atom is -0.462 e. The molecule has 0 aromatic heterocycles. The van der Waals surface area contributed by atoms with E-state index in [2.05, 4.69) is 20.8 Å². The predicted octanol–water partition coefficient (Wildman–Crippen LogP) is 4.04. The number of fused-ring (bicyclic) bond motifs is 7. The van der Waals surface area contributed by atoms with Gasteiger partial charge < -0.3 is 4.74 Å². The van der Waals surface area contributed by atoms with E-state index in [0.717, 1.165) is 36.0 Å². The molecule has 5 saturated carbocycles. The maximum atomic E-state index is 12.7. The first-order valence-corrected chi connectivity index (χ1v) is 9.14. The molecule has 0 aromatic rings. The van der Waals surface area contributed by atoms with Crippen molar-refractivity contribution >= 4 is 5.97 Å². The zero-order valence-electron chi connectivity index (χ0n) is 13.6. The smallest absolute Gasteiger partial charge is 0.309 e. The highest BCUT2D eigenvalue weighted by molar-refractivity contribution is 5.77. The van der Waals surface area contributed by atoms with Crippen molar-refractivity contribution in [3.05, 3.63) is 0 Å². The summed E-state index contributed by atoms with van der Waals surface area (Å²) in [6, 6.07) is 0. The highest BCUT2D eigenvalue weighted by Crippen LogP contribution is 2.70. The molecule has 21 heavy (non-hydrogen) atoms. The molecule has 7 atom stereocenters. The summed E-state index contributed by atoms with van der Waals surface area (Å²) in [6.07, 6.45) is 8.05. The molecule has 2 heteroatoms. The van der Waals surface area contributed by atoms with Crippen LogP contribution in [0.2, 0.25) is 0 Å². The summed E-state index contributed by atoms with van der Waals surface area (Å²) >= 11 is 0. The van der Waals surface area contributed by atoms with Crippen LogP contribution in [0.1, 0.15) is 59.3 Å². The van der Waals surface area contributed by atoms with Crippen LogP contribution in [-0.2, 0) is 9.53 Å². The van der Waals surface area contributed by atoms with Crippen LogP contribution in [0, 0.1) is 46.3 Å². The van der Waals surface area contributed by atoms with E-state index in [4.69, 9.17) is 4.74 Å². The summed E-state index contributed by atoms with van der Waals surface area (Å²) in [6.45, 7) is 7.16. The van der Waals surface area contributed by atoms with E-state index in [1.54, 1.807) is 0 Å². The van der Waals surface area contributed by atoms with Crippen LogP contribution in [0.5, 0.6) is 0 Å². The SMILES string of the molecule is CC1(C)C2CCC1(C)C(OC(=O)C1C3C4CCC(C4)C13)C2. The largest absolute Gasteiger partial charge is 0.462 e. The fraction of sp³-hybridized carbons (Fsp3) is 0.947. The summed E-state index contributed by atoms with van der Waals surface area (Å²) < 4.78 is 6.13. The maximum Gasteiger partial charge on any atom is 0.309 e. The fourth-order valence-corrected chi connectivity index (χ4v) is 7.17. The molecule has 5 rings (SSSR count). The van der Waals surface area contributed by atoms with Gasteiger partial charge in [-0.25, -0.2) is 0 Å². The molecular formula is C19H28O2. The molecule has 0 radical (unpaired) electrons. The number of hydrogen-bond acceptors (Lipinski definition) is 2. The maximum absolute atomic E-state index is 12.7. The van der Waals surface area contributed by atoms with Gasteiger partial charge in [-0.2, -0.15) is 0 Å². The third-order valence-corrected chi connectivity index (χ3v) is 8.98. The molecule has 0 spiro atoms. The lowest BCUT2D eigenvalue weighted by molar-refractivity contribution is -0.159. The summed E-state index contributed by atoms with van der Waals surface area (Å²) in [5, 5.41) is 0. The van der Waals surface area contributed by atoms with Gasteiger partial charge in [-0.15, -0.1) is 0 Å². The lowest BCUT2D eigenvalue weighted by Crippen LogP contribution is -2.38. The zero-order chi connectivity index (χ0) is 14.6. The highest BCUT2D eigenvalue weighted by Gasteiger charge is 2.69. The Hall–Kier alpha value is -0.530. The molecule has 0 saturated heterocycles. The van der Waals surface area contributed by atoms with Gasteiger partial charge in [-0.3, -0.25) is 4.79 Å². The molecule has 2 nitrogen and oxygen atoms in total. The number of esters is 1. The molecule has 0 amide bonds. The fourth-order valence-electron chi connectivity index (χ4n) is 7.17. The average Bonchev–Trinajstić information content (AvgIpc) is 2.65. The van der Waals surface area contributed by atoms with E-state index in [-0.39, 0.29) is 17.5 Å². The second-order valence-electron chi connectivity index (χ2n) is 9.55. The van der Waals surface area contributed by atoms with Gasteiger partial charge in [0.15, 0.2) is 0 Å². The first-order chi connectivity index (χ1) is 9.93. The standard InChI is InChI=1S/C19H28O2/c1-18(2)12-6-7-19(18,3)13(9-12)21-17(20)16-14-10-4-5-11(8-10)15(14)16/h10-16H,4-9H2,1-3H3. The van der Waals surface area contributed by atoms with Crippen molar-refractivity contribution < 1.29 is 9.53 Å². The highest BCUT2D eigenvalue weighted by atomic mass is 16.5. The number of carbonyl (C=O) groups excluding carboxylic acids is 1. The molecule has 4 bridgehead atoms. The Morgan fingerprint density at radius 2 is 1.67 bits per heavy atom. The van der Waals surface area contributed by atoms with Crippen LogP contribution in [0.3, 0.4) is 0 Å². The number of ether oxygens (including phenoxy) is 1. The minimum absolute atomic E-state index is 0.177. The summed E-state index contributed by atoms with van der Waals surface area (Å²) in [4.78, 5) is 12.7. The van der Waals surface area contributed by atoms with E-state index < -0.39 is 0 Å². The van der Waals surface area contributed by atoms with Gasteiger partial charge >= 0.3 is 5.97 Å². The Bertz CT molecular complexity index is 494. The summed E-state index contributed by atoms with van der Waals surface area (Å²) in [7, 11) is 0. The van der Waals surface area contributed by atoms with E-state index in [9.17, 15) is 4.79 Å². The van der Waals surface area contributed by atoms with Gasteiger partial charge in [0.25, 0.3) is 0 Å². The summed E-state index contributed by atoms with van der Waals surface area (Å²) in [5.41, 5.74) is 0.562. The zero-order valence-corrected chi connectivity index (χ0v) is 13.6. The van der Waals surface area contributed by atoms with Crippen molar-refractivity contribution in [3.8, 4) is 0 Å². The van der Waals surface area contributed by atoms with Crippen molar-refractivity contribution in [2.45, 2.75) is 65.4 Å². The topological polar surface area (TPSA) is 26.3 Å². The molecule has 0 N–H and O–H groups in total. The number of rotatable bonds is 2. The van der Waals surface area contributed by atoms with Gasteiger partial charge in [0.1, 0.15) is 6.10 Å². The Morgan fingerprint density at radius 1 is 1.00 bits per heavy atom. The van der Waals surface area contributed by atoms with Crippen molar-refractivity contribution in [2.24, 2.45) is 46.3 Å². The van der Waals surface area contributed by atoms with Crippen molar-refractivity contribution in [1.82, 2.24) is 0 Å². The lowest BCUT2D eigenvalue weighted by Gasteiger charge is -2.38. The molecule has 5 aliphatic carbocycles. The Morgan fingerprint density at radius 3 is 2.19 bits per heavy atom. The molecule has 5 aliphatic rings. The molecule has 7 unspecified atom stereocenters. The molecule has 0 aliphatic heterocycles. The third-order valence-electron chi connectivity index (χ3n) is 8.98. The van der Waals surface area contributed by atoms with Crippen LogP contribution in [0.4, 0.5) is 0 Å². The van der Waals surface area contributed by atoms with Crippen LogP contribution in [0.25, 0.3) is 0 Å². The van der Waals surface area contributed by atoms with Crippen molar-refractivity contribution in [1.29, 1.82) is 0 Å². The van der Waals surface area contributed by atoms with Gasteiger partial charge in [-0.05, 0) is 73.5 Å². The Labute approximate surface area is 128 Å². The molecule has 5 fully saturated rings. The molecule has 116 valence electrons. The second-order valence-corrected chi connectivity index (χ2v) is 9.55. The Balaban J connectivity index is 1.31. The van der Waals surface area contributed by atoms with Crippen LogP contribution < -0.4 is 0 Å². The van der Waals surface area contributed by atoms with E-state index >= 15 is 0 Å². The number of hydrogen-bond donors (Lipinski definition) is 0. The van der Waals surface area contributed by atoms with Crippen LogP contribution in [-0.4, -0.2) is 12.1 Å². The van der Waals surface area contributed by atoms with Gasteiger partial charge in [0, 0.05) is 5.41 Å². The average molecular weight is 288 g/mol. The van der Waals surface area contributed by atoms with Gasteiger partial charge in [0.2, 0.25) is 0 Å². The monoisotopic (exact) mass is 288 g/mol. The van der Waals surface area contributed by atoms with E-state index in [1.807, 2.05) is 0 Å².